The Balaban J connectivity index is 1.95. The lowest BCUT2D eigenvalue weighted by Crippen LogP contribution is -2.43. The van der Waals surface area contributed by atoms with Gasteiger partial charge in [-0.25, -0.2) is 4.39 Å². The molecule has 1 aromatic rings. The second kappa shape index (κ2) is 7.36. The fourth-order valence-corrected chi connectivity index (χ4v) is 2.55. The first kappa shape index (κ1) is 14.9. The van der Waals surface area contributed by atoms with Crippen molar-refractivity contribution in [2.75, 3.05) is 26.2 Å². The van der Waals surface area contributed by atoms with E-state index in [1.54, 1.807) is 17.0 Å². The summed E-state index contributed by atoms with van der Waals surface area (Å²) in [5.74, 6) is -0.403. The van der Waals surface area contributed by atoms with Gasteiger partial charge in [0.05, 0.1) is 13.0 Å². The number of halogens is 1. The van der Waals surface area contributed by atoms with Crippen molar-refractivity contribution in [1.82, 2.24) is 10.2 Å². The first-order valence-electron chi connectivity index (χ1n) is 7.05. The molecule has 1 aliphatic heterocycles. The predicted octanol–water partition coefficient (Wildman–Crippen LogP) is 0.941. The van der Waals surface area contributed by atoms with E-state index in [0.29, 0.717) is 24.7 Å². The van der Waals surface area contributed by atoms with Gasteiger partial charge in [0.1, 0.15) is 5.82 Å². The lowest BCUT2D eigenvalue weighted by Gasteiger charge is -2.25. The molecule has 0 spiro atoms. The van der Waals surface area contributed by atoms with Crippen LogP contribution in [-0.4, -0.2) is 48.2 Å². The van der Waals surface area contributed by atoms with Gasteiger partial charge in [-0.3, -0.25) is 4.79 Å². The third kappa shape index (κ3) is 4.28. The lowest BCUT2D eigenvalue weighted by molar-refractivity contribution is -0.131. The molecule has 110 valence electrons. The number of aliphatic hydroxyl groups is 1. The molecule has 1 fully saturated rings. The van der Waals surface area contributed by atoms with Crippen LogP contribution in [-0.2, 0) is 11.2 Å². The molecule has 0 radical (unpaired) electrons. The molecule has 1 heterocycles. The molecule has 2 N–H and O–H groups in total. The molecule has 4 nitrogen and oxygen atoms in total. The molecule has 1 atom stereocenters. The Labute approximate surface area is 118 Å². The van der Waals surface area contributed by atoms with E-state index in [1.807, 2.05) is 0 Å². The van der Waals surface area contributed by atoms with E-state index in [0.717, 1.165) is 19.4 Å². The highest BCUT2D eigenvalue weighted by molar-refractivity contribution is 5.78. The fourth-order valence-electron chi connectivity index (χ4n) is 2.55. The van der Waals surface area contributed by atoms with Gasteiger partial charge < -0.3 is 15.3 Å². The summed E-state index contributed by atoms with van der Waals surface area (Å²) in [7, 11) is 0. The number of carbonyl (C=O) groups excluding carboxylic acids is 1. The van der Waals surface area contributed by atoms with Crippen molar-refractivity contribution in [2.24, 2.45) is 0 Å². The Morgan fingerprint density at radius 1 is 1.50 bits per heavy atom. The van der Waals surface area contributed by atoms with Crippen LogP contribution in [0.1, 0.15) is 18.4 Å². The topological polar surface area (TPSA) is 52.6 Å². The molecule has 0 bridgehead atoms. The lowest BCUT2D eigenvalue weighted by atomic mass is 10.1. The Kier molecular flexibility index (Phi) is 5.49. The molecule has 1 aliphatic rings. The van der Waals surface area contributed by atoms with Crippen molar-refractivity contribution in [1.29, 1.82) is 0 Å². The zero-order valence-electron chi connectivity index (χ0n) is 11.5. The maximum absolute atomic E-state index is 13.1. The van der Waals surface area contributed by atoms with Crippen molar-refractivity contribution in [3.63, 3.8) is 0 Å². The number of benzene rings is 1. The first-order chi connectivity index (χ1) is 9.69. The zero-order chi connectivity index (χ0) is 14.4. The van der Waals surface area contributed by atoms with Crippen LogP contribution < -0.4 is 5.32 Å². The van der Waals surface area contributed by atoms with Crippen LogP contribution in [0.5, 0.6) is 0 Å². The van der Waals surface area contributed by atoms with E-state index < -0.39 is 0 Å². The summed E-state index contributed by atoms with van der Waals surface area (Å²) in [5, 5.41) is 12.4. The zero-order valence-corrected chi connectivity index (χ0v) is 11.5. The third-order valence-electron chi connectivity index (χ3n) is 3.57. The second-order valence-electron chi connectivity index (χ2n) is 5.16. The van der Waals surface area contributed by atoms with Crippen molar-refractivity contribution in [2.45, 2.75) is 25.3 Å². The predicted molar refractivity (Wildman–Crippen MR) is 74.8 cm³/mol. The molecule has 1 aromatic carbocycles. The fraction of sp³-hybridized carbons (Fsp3) is 0.533. The Morgan fingerprint density at radius 3 is 3.00 bits per heavy atom. The van der Waals surface area contributed by atoms with Gasteiger partial charge >= 0.3 is 0 Å². The van der Waals surface area contributed by atoms with E-state index in [-0.39, 0.29) is 24.8 Å². The van der Waals surface area contributed by atoms with Crippen LogP contribution in [0.25, 0.3) is 0 Å². The summed E-state index contributed by atoms with van der Waals surface area (Å²) >= 11 is 0. The highest BCUT2D eigenvalue weighted by Crippen LogP contribution is 2.10. The van der Waals surface area contributed by atoms with Gasteiger partial charge in [0.2, 0.25) is 5.91 Å². The molecule has 1 unspecified atom stereocenters. The highest BCUT2D eigenvalue weighted by atomic mass is 19.1. The molecule has 1 amide bonds. The Hall–Kier alpha value is -1.46. The number of nitrogens with one attached hydrogen (secondary N) is 1. The maximum Gasteiger partial charge on any atom is 0.227 e. The monoisotopic (exact) mass is 280 g/mol. The number of amides is 1. The van der Waals surface area contributed by atoms with Crippen molar-refractivity contribution in [3.05, 3.63) is 35.6 Å². The van der Waals surface area contributed by atoms with Crippen LogP contribution in [0.2, 0.25) is 0 Å². The normalized spacial score (nSPS) is 18.2. The summed E-state index contributed by atoms with van der Waals surface area (Å²) in [6.45, 7) is 1.86. The van der Waals surface area contributed by atoms with E-state index in [1.165, 1.54) is 12.1 Å². The third-order valence-corrected chi connectivity index (χ3v) is 3.57. The standard InChI is InChI=1S/C15H21FN2O2/c16-13-4-1-3-12(9-13)10-15(20)18(7-8-19)11-14-5-2-6-17-14/h1,3-4,9,14,17,19H,2,5-8,10-11H2. The summed E-state index contributed by atoms with van der Waals surface area (Å²) in [4.78, 5) is 13.9. The number of carbonyl (C=O) groups is 1. The molecule has 0 aromatic heterocycles. The van der Waals surface area contributed by atoms with Crippen molar-refractivity contribution in [3.8, 4) is 0 Å². The number of hydrogen-bond acceptors (Lipinski definition) is 3. The van der Waals surface area contributed by atoms with Crippen LogP contribution in [0.15, 0.2) is 24.3 Å². The Bertz CT molecular complexity index is 447. The molecule has 20 heavy (non-hydrogen) atoms. The van der Waals surface area contributed by atoms with E-state index in [2.05, 4.69) is 5.32 Å². The van der Waals surface area contributed by atoms with Gasteiger partial charge in [0, 0.05) is 19.1 Å². The van der Waals surface area contributed by atoms with Gasteiger partial charge in [-0.1, -0.05) is 12.1 Å². The highest BCUT2D eigenvalue weighted by Gasteiger charge is 2.21. The average molecular weight is 280 g/mol. The molecular weight excluding hydrogens is 259 g/mol. The Morgan fingerprint density at radius 2 is 2.35 bits per heavy atom. The summed E-state index contributed by atoms with van der Waals surface area (Å²) < 4.78 is 13.1. The molecule has 0 saturated carbocycles. The van der Waals surface area contributed by atoms with E-state index >= 15 is 0 Å². The largest absolute Gasteiger partial charge is 0.395 e. The number of hydrogen-bond donors (Lipinski definition) is 2. The summed E-state index contributed by atoms with van der Waals surface area (Å²) in [5.41, 5.74) is 0.664. The van der Waals surface area contributed by atoms with Gasteiger partial charge in [0.15, 0.2) is 0 Å². The van der Waals surface area contributed by atoms with Gasteiger partial charge in [-0.05, 0) is 37.1 Å². The second-order valence-corrected chi connectivity index (χ2v) is 5.16. The molecule has 2 rings (SSSR count). The smallest absolute Gasteiger partial charge is 0.227 e. The van der Waals surface area contributed by atoms with Crippen LogP contribution in [0.3, 0.4) is 0 Å². The van der Waals surface area contributed by atoms with Crippen molar-refractivity contribution < 1.29 is 14.3 Å². The van der Waals surface area contributed by atoms with Gasteiger partial charge in [-0.15, -0.1) is 0 Å². The number of nitrogens with zero attached hydrogens (tertiary/aromatic N) is 1. The van der Waals surface area contributed by atoms with Gasteiger partial charge in [-0.2, -0.15) is 0 Å². The van der Waals surface area contributed by atoms with Gasteiger partial charge in [0.25, 0.3) is 0 Å². The molecule has 1 saturated heterocycles. The SMILES string of the molecule is O=C(Cc1cccc(F)c1)N(CCO)CC1CCCN1. The summed E-state index contributed by atoms with van der Waals surface area (Å²) in [6.07, 6.45) is 2.34. The molecule has 0 aliphatic carbocycles. The molecule has 5 heteroatoms. The minimum absolute atomic E-state index is 0.0540. The van der Waals surface area contributed by atoms with E-state index in [9.17, 15) is 9.18 Å². The average Bonchev–Trinajstić information content (AvgIpc) is 2.91. The van der Waals surface area contributed by atoms with Crippen LogP contribution in [0.4, 0.5) is 4.39 Å². The number of rotatable bonds is 6. The minimum Gasteiger partial charge on any atom is -0.395 e. The quantitative estimate of drug-likeness (QED) is 0.815. The molecular formula is C15H21FN2O2. The van der Waals surface area contributed by atoms with Crippen molar-refractivity contribution >= 4 is 5.91 Å². The van der Waals surface area contributed by atoms with Crippen LogP contribution >= 0.6 is 0 Å². The maximum atomic E-state index is 13.1. The number of aliphatic hydroxyl groups excluding tert-OH is 1. The van der Waals surface area contributed by atoms with Crippen LogP contribution in [0, 0.1) is 5.82 Å². The summed E-state index contributed by atoms with van der Waals surface area (Å²) in [6, 6.07) is 6.39. The first-order valence-corrected chi connectivity index (χ1v) is 7.05. The van der Waals surface area contributed by atoms with E-state index in [4.69, 9.17) is 5.11 Å². The minimum atomic E-state index is -0.332.